The van der Waals surface area contributed by atoms with Gasteiger partial charge in [0.2, 0.25) is 0 Å². The molecule has 0 amide bonds. The molecule has 1 heterocycles. The van der Waals surface area contributed by atoms with Gasteiger partial charge in [0.25, 0.3) is 0 Å². The van der Waals surface area contributed by atoms with Crippen LogP contribution in [-0.2, 0) is 0 Å². The number of furan rings is 1. The van der Waals surface area contributed by atoms with Crippen LogP contribution in [0.4, 0.5) is 0 Å². The summed E-state index contributed by atoms with van der Waals surface area (Å²) in [4.78, 5) is 0. The van der Waals surface area contributed by atoms with Crippen LogP contribution in [0.2, 0.25) is 0 Å². The Hall–Kier alpha value is -1.45. The van der Waals surface area contributed by atoms with Gasteiger partial charge in [0.05, 0.1) is 0 Å². The van der Waals surface area contributed by atoms with Crippen LogP contribution in [0.1, 0.15) is 53.1 Å². The van der Waals surface area contributed by atoms with Crippen molar-refractivity contribution < 1.29 is 4.42 Å². The largest absolute Gasteiger partial charge is 0.456 e. The van der Waals surface area contributed by atoms with Crippen molar-refractivity contribution in [2.75, 3.05) is 0 Å². The molecule has 1 aromatic heterocycles. The molecular formula is C20H29NOS. The molecular weight excluding hydrogens is 302 g/mol. The summed E-state index contributed by atoms with van der Waals surface area (Å²) in [5.41, 5.74) is 3.04. The first-order valence-electron chi connectivity index (χ1n) is 8.33. The smallest absolute Gasteiger partial charge is 0.135 e. The van der Waals surface area contributed by atoms with E-state index >= 15 is 0 Å². The van der Waals surface area contributed by atoms with Crippen LogP contribution in [0, 0.1) is 5.92 Å². The summed E-state index contributed by atoms with van der Waals surface area (Å²) in [6.07, 6.45) is 0. The van der Waals surface area contributed by atoms with Gasteiger partial charge in [-0.05, 0) is 30.5 Å². The van der Waals surface area contributed by atoms with Crippen molar-refractivity contribution in [3.8, 4) is 0 Å². The van der Waals surface area contributed by atoms with E-state index in [-0.39, 0.29) is 6.04 Å². The highest BCUT2D eigenvalue weighted by Gasteiger charge is 2.09. The lowest BCUT2D eigenvalue weighted by Crippen LogP contribution is -2.06. The van der Waals surface area contributed by atoms with Crippen molar-refractivity contribution in [3.05, 3.63) is 48.0 Å². The first kappa shape index (κ1) is 19.6. The number of rotatable bonds is 2. The highest BCUT2D eigenvalue weighted by Crippen LogP contribution is 2.30. The molecule has 2 nitrogen and oxygen atoms in total. The topological polar surface area (TPSA) is 25.2 Å². The zero-order chi connectivity index (χ0) is 17.4. The second kappa shape index (κ2) is 9.64. The summed E-state index contributed by atoms with van der Waals surface area (Å²) in [5, 5.41) is 2.33. The summed E-state index contributed by atoms with van der Waals surface area (Å²) in [5.74, 6) is 0.833. The molecule has 3 aromatic rings. The molecule has 0 aliphatic carbocycles. The van der Waals surface area contributed by atoms with E-state index in [1.807, 2.05) is 32.0 Å². The third-order valence-electron chi connectivity index (χ3n) is 3.10. The quantitative estimate of drug-likeness (QED) is 0.507. The SMILES string of the molecule is CC.CC(C)C.CC(NS)c1ccc2c(c1)oc1ccccc12. The standard InChI is InChI=1S/C14H13NOS.C4H10.C2H6/c1-9(15-17)10-6-7-12-11-4-2-3-5-13(11)16-14(12)8-10;1-4(2)3;1-2/h2-9,15,17H,1H3;4H,1-3H3;1-2H3. The van der Waals surface area contributed by atoms with Crippen molar-refractivity contribution in [2.24, 2.45) is 5.92 Å². The summed E-state index contributed by atoms with van der Waals surface area (Å²) in [7, 11) is 0. The molecule has 126 valence electrons. The van der Waals surface area contributed by atoms with Crippen LogP contribution in [0.15, 0.2) is 46.9 Å². The van der Waals surface area contributed by atoms with Crippen LogP contribution >= 0.6 is 12.8 Å². The van der Waals surface area contributed by atoms with E-state index < -0.39 is 0 Å². The molecule has 0 saturated carbocycles. The molecule has 3 heteroatoms. The van der Waals surface area contributed by atoms with Crippen molar-refractivity contribution >= 4 is 34.8 Å². The lowest BCUT2D eigenvalue weighted by Gasteiger charge is -2.08. The summed E-state index contributed by atoms with van der Waals surface area (Å²) >= 11 is 4.09. The number of fused-ring (bicyclic) bond motifs is 3. The van der Waals surface area contributed by atoms with Crippen LogP contribution in [0.25, 0.3) is 21.9 Å². The Morgan fingerprint density at radius 1 is 0.870 bits per heavy atom. The molecule has 3 rings (SSSR count). The predicted molar refractivity (Wildman–Crippen MR) is 106 cm³/mol. The molecule has 0 saturated heterocycles. The number of thiol groups is 1. The fourth-order valence-corrected chi connectivity index (χ4v) is 2.24. The van der Waals surface area contributed by atoms with Crippen molar-refractivity contribution in [1.29, 1.82) is 0 Å². The number of hydrogen-bond donors (Lipinski definition) is 2. The summed E-state index contributed by atoms with van der Waals surface area (Å²) < 4.78 is 8.77. The van der Waals surface area contributed by atoms with E-state index in [2.05, 4.69) is 69.5 Å². The molecule has 0 fully saturated rings. The van der Waals surface area contributed by atoms with Gasteiger partial charge in [-0.25, -0.2) is 0 Å². The Balaban J connectivity index is 0.000000388. The molecule has 0 radical (unpaired) electrons. The van der Waals surface area contributed by atoms with Gasteiger partial charge >= 0.3 is 0 Å². The highest BCUT2D eigenvalue weighted by molar-refractivity contribution is 7.78. The number of para-hydroxylation sites is 1. The van der Waals surface area contributed by atoms with E-state index in [1.165, 1.54) is 10.9 Å². The zero-order valence-electron chi connectivity index (χ0n) is 15.1. The first-order chi connectivity index (χ1) is 11.0. The highest BCUT2D eigenvalue weighted by atomic mass is 32.1. The molecule has 1 unspecified atom stereocenters. The number of benzene rings is 2. The summed E-state index contributed by atoms with van der Waals surface area (Å²) in [6, 6.07) is 14.6. The zero-order valence-corrected chi connectivity index (χ0v) is 15.9. The average Bonchev–Trinajstić information content (AvgIpc) is 2.93. The van der Waals surface area contributed by atoms with Crippen molar-refractivity contribution in [2.45, 2.75) is 47.6 Å². The fourth-order valence-electron chi connectivity index (χ4n) is 2.09. The van der Waals surface area contributed by atoms with Gasteiger partial charge < -0.3 is 4.42 Å². The lowest BCUT2D eigenvalue weighted by molar-refractivity contribution is 0.665. The molecule has 1 N–H and O–H groups in total. The number of nitrogens with one attached hydrogen (secondary N) is 1. The van der Waals surface area contributed by atoms with Gasteiger partial charge in [0, 0.05) is 16.8 Å². The van der Waals surface area contributed by atoms with E-state index in [1.54, 1.807) is 0 Å². The monoisotopic (exact) mass is 331 g/mol. The lowest BCUT2D eigenvalue weighted by atomic mass is 10.1. The minimum absolute atomic E-state index is 0.205. The normalized spacial score (nSPS) is 11.7. The van der Waals surface area contributed by atoms with Gasteiger partial charge in [-0.2, -0.15) is 0 Å². The first-order valence-corrected chi connectivity index (χ1v) is 8.78. The van der Waals surface area contributed by atoms with Gasteiger partial charge in [0.1, 0.15) is 11.2 Å². The van der Waals surface area contributed by atoms with Gasteiger partial charge in [-0.3, -0.25) is 4.72 Å². The van der Waals surface area contributed by atoms with E-state index in [0.717, 1.165) is 22.5 Å². The van der Waals surface area contributed by atoms with Crippen LogP contribution in [0.5, 0.6) is 0 Å². The van der Waals surface area contributed by atoms with Gasteiger partial charge in [-0.15, -0.1) is 0 Å². The van der Waals surface area contributed by atoms with Crippen molar-refractivity contribution in [3.63, 3.8) is 0 Å². The van der Waals surface area contributed by atoms with Gasteiger partial charge in [-0.1, -0.05) is 77.8 Å². The maximum absolute atomic E-state index is 5.84. The van der Waals surface area contributed by atoms with Crippen LogP contribution in [-0.4, -0.2) is 0 Å². The molecule has 0 bridgehead atoms. The Kier molecular flexibility index (Phi) is 8.21. The Labute approximate surface area is 145 Å². The van der Waals surface area contributed by atoms with E-state index in [4.69, 9.17) is 4.42 Å². The van der Waals surface area contributed by atoms with Crippen molar-refractivity contribution in [1.82, 2.24) is 4.72 Å². The maximum Gasteiger partial charge on any atom is 0.135 e. The molecule has 0 aliphatic heterocycles. The molecule has 0 aliphatic rings. The van der Waals surface area contributed by atoms with E-state index in [9.17, 15) is 0 Å². The summed E-state index contributed by atoms with van der Waals surface area (Å²) in [6.45, 7) is 12.6. The molecule has 23 heavy (non-hydrogen) atoms. The van der Waals surface area contributed by atoms with Crippen LogP contribution < -0.4 is 4.72 Å². The minimum Gasteiger partial charge on any atom is -0.456 e. The minimum atomic E-state index is 0.205. The average molecular weight is 332 g/mol. The number of hydrogen-bond acceptors (Lipinski definition) is 3. The third-order valence-corrected chi connectivity index (χ3v) is 3.48. The Bertz CT molecular complexity index is 715. The fraction of sp³-hybridized carbons (Fsp3) is 0.400. The van der Waals surface area contributed by atoms with Gasteiger partial charge in [0.15, 0.2) is 0 Å². The predicted octanol–water partition coefficient (Wildman–Crippen LogP) is 6.77. The van der Waals surface area contributed by atoms with E-state index in [0.29, 0.717) is 0 Å². The maximum atomic E-state index is 5.84. The molecule has 1 atom stereocenters. The second-order valence-electron chi connectivity index (χ2n) is 5.94. The molecule has 2 aromatic carbocycles. The molecule has 0 spiro atoms. The third kappa shape index (κ3) is 5.29. The Morgan fingerprint density at radius 3 is 2.04 bits per heavy atom. The second-order valence-corrected chi connectivity index (χ2v) is 6.19. The van der Waals surface area contributed by atoms with Crippen LogP contribution in [0.3, 0.4) is 0 Å². The Morgan fingerprint density at radius 2 is 1.43 bits per heavy atom.